The predicted octanol–water partition coefficient (Wildman–Crippen LogP) is 2.17. The highest BCUT2D eigenvalue weighted by Crippen LogP contribution is 2.17. The fourth-order valence-corrected chi connectivity index (χ4v) is 1.81. The second-order valence-corrected chi connectivity index (χ2v) is 4.18. The quantitative estimate of drug-likeness (QED) is 0.592. The second-order valence-electron chi connectivity index (χ2n) is 3.30. The Morgan fingerprint density at radius 1 is 1.59 bits per heavy atom. The molecular formula is C12H14N2O2S. The normalized spacial score (nSPS) is 9.71. The molecule has 1 aromatic heterocycles. The predicted molar refractivity (Wildman–Crippen MR) is 65.7 cm³/mol. The molecule has 0 amide bonds. The highest BCUT2D eigenvalue weighted by Gasteiger charge is 2.06. The summed E-state index contributed by atoms with van der Waals surface area (Å²) in [5, 5.41) is 8.83. The molecule has 90 valence electrons. The van der Waals surface area contributed by atoms with E-state index in [1.54, 1.807) is 24.8 Å². The molecular weight excluding hydrogens is 236 g/mol. The van der Waals surface area contributed by atoms with Gasteiger partial charge in [0.15, 0.2) is 0 Å². The Kier molecular flexibility index (Phi) is 5.50. The number of nitriles is 1. The van der Waals surface area contributed by atoms with Crippen LogP contribution in [0.3, 0.4) is 0 Å². The fraction of sp³-hybridized carbons (Fsp3) is 0.417. The van der Waals surface area contributed by atoms with E-state index in [1.165, 1.54) is 0 Å². The first-order valence-electron chi connectivity index (χ1n) is 5.30. The number of pyridine rings is 1. The molecule has 0 saturated carbocycles. The maximum atomic E-state index is 11.2. The molecule has 5 heteroatoms. The third-order valence-electron chi connectivity index (χ3n) is 2.09. The van der Waals surface area contributed by atoms with Crippen LogP contribution in [-0.2, 0) is 16.0 Å². The summed E-state index contributed by atoms with van der Waals surface area (Å²) in [4.78, 5) is 16.3. The summed E-state index contributed by atoms with van der Waals surface area (Å²) in [6.45, 7) is 2.17. The molecule has 1 heterocycles. The Hall–Kier alpha value is -1.54. The van der Waals surface area contributed by atoms with Gasteiger partial charge >= 0.3 is 5.97 Å². The van der Waals surface area contributed by atoms with Crippen molar-refractivity contribution in [2.75, 3.05) is 12.9 Å². The van der Waals surface area contributed by atoms with E-state index in [9.17, 15) is 4.79 Å². The molecule has 17 heavy (non-hydrogen) atoms. The number of ether oxygens (including phenoxy) is 1. The van der Waals surface area contributed by atoms with Gasteiger partial charge in [-0.1, -0.05) is 0 Å². The van der Waals surface area contributed by atoms with E-state index in [4.69, 9.17) is 10.00 Å². The van der Waals surface area contributed by atoms with Gasteiger partial charge in [0.1, 0.15) is 11.8 Å². The van der Waals surface area contributed by atoms with E-state index in [1.807, 2.05) is 18.4 Å². The van der Waals surface area contributed by atoms with Crippen molar-refractivity contribution in [2.24, 2.45) is 0 Å². The highest BCUT2D eigenvalue weighted by atomic mass is 32.2. The van der Waals surface area contributed by atoms with E-state index < -0.39 is 0 Å². The fourth-order valence-electron chi connectivity index (χ4n) is 1.33. The van der Waals surface area contributed by atoms with Gasteiger partial charge in [-0.15, -0.1) is 11.8 Å². The van der Waals surface area contributed by atoms with Crippen LogP contribution >= 0.6 is 11.8 Å². The molecule has 0 radical (unpaired) electrons. The molecule has 0 saturated heterocycles. The standard InChI is InChI=1S/C12H14N2O2S/c1-3-16-12(15)5-4-9-6-11(17-2)7-10(8-13)14-9/h6-7H,3-5H2,1-2H3. The SMILES string of the molecule is CCOC(=O)CCc1cc(SC)cc(C#N)n1. The lowest BCUT2D eigenvalue weighted by Crippen LogP contribution is -2.06. The van der Waals surface area contributed by atoms with Gasteiger partial charge in [0, 0.05) is 17.0 Å². The number of thioether (sulfide) groups is 1. The van der Waals surface area contributed by atoms with Crippen LogP contribution in [0.25, 0.3) is 0 Å². The first-order valence-corrected chi connectivity index (χ1v) is 6.52. The van der Waals surface area contributed by atoms with Crippen molar-refractivity contribution in [2.45, 2.75) is 24.7 Å². The first-order chi connectivity index (χ1) is 8.19. The average molecular weight is 250 g/mol. The van der Waals surface area contributed by atoms with Gasteiger partial charge in [0.2, 0.25) is 0 Å². The van der Waals surface area contributed by atoms with Crippen LogP contribution in [0.5, 0.6) is 0 Å². The van der Waals surface area contributed by atoms with Crippen LogP contribution in [0.15, 0.2) is 17.0 Å². The smallest absolute Gasteiger partial charge is 0.306 e. The second kappa shape index (κ2) is 6.92. The highest BCUT2D eigenvalue weighted by molar-refractivity contribution is 7.98. The van der Waals surface area contributed by atoms with Crippen molar-refractivity contribution in [3.63, 3.8) is 0 Å². The average Bonchev–Trinajstić information content (AvgIpc) is 2.36. The third-order valence-corrected chi connectivity index (χ3v) is 2.80. The molecule has 0 aliphatic heterocycles. The van der Waals surface area contributed by atoms with Crippen molar-refractivity contribution < 1.29 is 9.53 Å². The van der Waals surface area contributed by atoms with E-state index in [-0.39, 0.29) is 5.97 Å². The molecule has 0 bridgehead atoms. The molecule has 0 unspecified atom stereocenters. The summed E-state index contributed by atoms with van der Waals surface area (Å²) >= 11 is 1.55. The molecule has 0 atom stereocenters. The molecule has 1 rings (SSSR count). The number of aromatic nitrogens is 1. The Morgan fingerprint density at radius 3 is 2.94 bits per heavy atom. The van der Waals surface area contributed by atoms with Crippen molar-refractivity contribution in [3.8, 4) is 6.07 Å². The van der Waals surface area contributed by atoms with Crippen molar-refractivity contribution in [1.82, 2.24) is 4.98 Å². The summed E-state index contributed by atoms with van der Waals surface area (Å²) in [7, 11) is 0. The molecule has 0 N–H and O–H groups in total. The van der Waals surface area contributed by atoms with Gasteiger partial charge in [-0.2, -0.15) is 5.26 Å². The van der Waals surface area contributed by atoms with E-state index in [0.29, 0.717) is 25.1 Å². The Morgan fingerprint density at radius 2 is 2.35 bits per heavy atom. The van der Waals surface area contributed by atoms with Crippen LogP contribution in [-0.4, -0.2) is 23.8 Å². The van der Waals surface area contributed by atoms with E-state index in [2.05, 4.69) is 4.98 Å². The third kappa shape index (κ3) is 4.45. The van der Waals surface area contributed by atoms with Crippen LogP contribution in [0, 0.1) is 11.3 Å². The largest absolute Gasteiger partial charge is 0.466 e. The number of carbonyl (C=O) groups is 1. The molecule has 1 aromatic rings. The molecule has 0 aliphatic carbocycles. The van der Waals surface area contributed by atoms with Crippen molar-refractivity contribution >= 4 is 17.7 Å². The van der Waals surface area contributed by atoms with Crippen LogP contribution in [0.2, 0.25) is 0 Å². The first kappa shape index (κ1) is 13.5. The summed E-state index contributed by atoms with van der Waals surface area (Å²) < 4.78 is 4.84. The number of aryl methyl sites for hydroxylation is 1. The van der Waals surface area contributed by atoms with Gasteiger partial charge in [-0.05, 0) is 25.3 Å². The minimum Gasteiger partial charge on any atom is -0.466 e. The lowest BCUT2D eigenvalue weighted by Gasteiger charge is -2.04. The van der Waals surface area contributed by atoms with Gasteiger partial charge in [0.05, 0.1) is 13.0 Å². The molecule has 0 spiro atoms. The number of nitrogens with zero attached hydrogens (tertiary/aromatic N) is 2. The maximum absolute atomic E-state index is 11.2. The number of rotatable bonds is 5. The van der Waals surface area contributed by atoms with Crippen LogP contribution in [0.4, 0.5) is 0 Å². The lowest BCUT2D eigenvalue weighted by molar-refractivity contribution is -0.143. The van der Waals surface area contributed by atoms with E-state index >= 15 is 0 Å². The molecule has 0 aromatic carbocycles. The van der Waals surface area contributed by atoms with Gasteiger partial charge in [-0.3, -0.25) is 4.79 Å². The zero-order valence-electron chi connectivity index (χ0n) is 9.90. The summed E-state index contributed by atoms with van der Waals surface area (Å²) in [5.41, 5.74) is 1.14. The number of esters is 1. The van der Waals surface area contributed by atoms with Crippen LogP contribution in [0.1, 0.15) is 24.7 Å². The molecule has 4 nitrogen and oxygen atoms in total. The number of hydrogen-bond donors (Lipinski definition) is 0. The Balaban J connectivity index is 2.71. The number of carbonyl (C=O) groups excluding carboxylic acids is 1. The minimum absolute atomic E-state index is 0.234. The summed E-state index contributed by atoms with van der Waals surface area (Å²) in [6, 6.07) is 5.64. The van der Waals surface area contributed by atoms with Crippen LogP contribution < -0.4 is 0 Å². The Labute approximate surface area is 105 Å². The minimum atomic E-state index is -0.234. The zero-order chi connectivity index (χ0) is 12.7. The zero-order valence-corrected chi connectivity index (χ0v) is 10.7. The maximum Gasteiger partial charge on any atom is 0.306 e. The molecule has 0 fully saturated rings. The topological polar surface area (TPSA) is 63.0 Å². The lowest BCUT2D eigenvalue weighted by atomic mass is 10.2. The summed E-state index contributed by atoms with van der Waals surface area (Å²) in [5.74, 6) is -0.234. The van der Waals surface area contributed by atoms with Gasteiger partial charge in [0.25, 0.3) is 0 Å². The van der Waals surface area contributed by atoms with Gasteiger partial charge in [-0.25, -0.2) is 4.98 Å². The monoisotopic (exact) mass is 250 g/mol. The van der Waals surface area contributed by atoms with Crippen molar-refractivity contribution in [3.05, 3.63) is 23.5 Å². The van der Waals surface area contributed by atoms with Crippen molar-refractivity contribution in [1.29, 1.82) is 5.26 Å². The van der Waals surface area contributed by atoms with Gasteiger partial charge < -0.3 is 4.74 Å². The van der Waals surface area contributed by atoms with E-state index in [0.717, 1.165) is 10.6 Å². The Bertz CT molecular complexity index is 441. The number of hydrogen-bond acceptors (Lipinski definition) is 5. The molecule has 0 aliphatic rings. The summed E-state index contributed by atoms with van der Waals surface area (Å²) in [6.07, 6.45) is 2.73.